The molecule has 0 amide bonds. The van der Waals surface area contributed by atoms with Crippen LogP contribution in [0.1, 0.15) is 16.7 Å². The molecule has 1 aliphatic heterocycles. The summed E-state index contributed by atoms with van der Waals surface area (Å²) in [5.41, 5.74) is 2.36. The minimum Gasteiger partial charge on any atom is -0.493 e. The van der Waals surface area contributed by atoms with Gasteiger partial charge in [-0.1, -0.05) is 91.0 Å². The van der Waals surface area contributed by atoms with Crippen LogP contribution in [0.4, 0.5) is 0 Å². The summed E-state index contributed by atoms with van der Waals surface area (Å²) in [6, 6.07) is 30.9. The van der Waals surface area contributed by atoms with Crippen molar-refractivity contribution in [1.82, 2.24) is 0 Å². The lowest BCUT2D eigenvalue weighted by atomic mass is 9.80. The number of methoxy groups -OCH3 is 2. The Morgan fingerprint density at radius 1 is 0.710 bits per heavy atom. The molecule has 0 fully saturated rings. The first kappa shape index (κ1) is 21.3. The number of hydrogen-bond donors (Lipinski definition) is 0. The van der Waals surface area contributed by atoms with Crippen molar-refractivity contribution in [1.29, 1.82) is 0 Å². The van der Waals surface area contributed by atoms with Crippen LogP contribution in [0, 0.1) is 0 Å². The van der Waals surface area contributed by atoms with Crippen LogP contribution in [0.25, 0.3) is 0 Å². The van der Waals surface area contributed by atoms with Gasteiger partial charge in [-0.15, -0.1) is 0 Å². The van der Waals surface area contributed by atoms with Crippen molar-refractivity contribution >= 4 is 0 Å². The highest BCUT2D eigenvalue weighted by Crippen LogP contribution is 2.41. The Morgan fingerprint density at radius 2 is 1.19 bits per heavy atom. The molecule has 4 nitrogen and oxygen atoms in total. The SMILES string of the molecule is CO[C@@H]1[C@H](OC)C=CO[C@@H]1COC(c1ccccc1)(c1ccccc1)c1ccccc1. The third-order valence-electron chi connectivity index (χ3n) is 5.76. The first-order valence-electron chi connectivity index (χ1n) is 10.5. The number of rotatable bonds is 8. The predicted octanol–water partition coefficient (Wildman–Crippen LogP) is 4.94. The molecule has 0 bridgehead atoms. The van der Waals surface area contributed by atoms with Crippen molar-refractivity contribution in [3.63, 3.8) is 0 Å². The molecule has 0 saturated carbocycles. The molecule has 4 heteroatoms. The van der Waals surface area contributed by atoms with Gasteiger partial charge in [-0.2, -0.15) is 0 Å². The fourth-order valence-corrected chi connectivity index (χ4v) is 4.23. The zero-order valence-corrected chi connectivity index (χ0v) is 17.9. The summed E-state index contributed by atoms with van der Waals surface area (Å²) in [4.78, 5) is 0. The third-order valence-corrected chi connectivity index (χ3v) is 5.76. The lowest BCUT2D eigenvalue weighted by Crippen LogP contribution is -2.47. The zero-order chi connectivity index (χ0) is 21.5. The summed E-state index contributed by atoms with van der Waals surface area (Å²) in [5, 5.41) is 0. The van der Waals surface area contributed by atoms with Gasteiger partial charge in [0, 0.05) is 14.2 Å². The lowest BCUT2D eigenvalue weighted by Gasteiger charge is -2.39. The van der Waals surface area contributed by atoms with E-state index in [2.05, 4.69) is 36.4 Å². The average Bonchev–Trinajstić information content (AvgIpc) is 2.86. The van der Waals surface area contributed by atoms with Crippen molar-refractivity contribution < 1.29 is 18.9 Å². The van der Waals surface area contributed by atoms with Gasteiger partial charge < -0.3 is 18.9 Å². The molecule has 3 aromatic rings. The molecule has 3 aromatic carbocycles. The largest absolute Gasteiger partial charge is 0.493 e. The van der Waals surface area contributed by atoms with Crippen LogP contribution in [-0.2, 0) is 24.5 Å². The molecule has 0 unspecified atom stereocenters. The molecule has 0 radical (unpaired) electrons. The van der Waals surface area contributed by atoms with Crippen molar-refractivity contribution in [3.05, 3.63) is 120 Å². The van der Waals surface area contributed by atoms with Crippen LogP contribution in [0.15, 0.2) is 103 Å². The summed E-state index contributed by atoms with van der Waals surface area (Å²) >= 11 is 0. The van der Waals surface area contributed by atoms with E-state index in [-0.39, 0.29) is 18.3 Å². The topological polar surface area (TPSA) is 36.9 Å². The van der Waals surface area contributed by atoms with Gasteiger partial charge in [0.15, 0.2) is 0 Å². The van der Waals surface area contributed by atoms with E-state index in [9.17, 15) is 0 Å². The van der Waals surface area contributed by atoms with E-state index in [1.165, 1.54) is 0 Å². The van der Waals surface area contributed by atoms with Gasteiger partial charge in [-0.3, -0.25) is 0 Å². The van der Waals surface area contributed by atoms with Gasteiger partial charge in [0.25, 0.3) is 0 Å². The fraction of sp³-hybridized carbons (Fsp3) is 0.259. The van der Waals surface area contributed by atoms with Gasteiger partial charge in [0.2, 0.25) is 0 Å². The van der Waals surface area contributed by atoms with E-state index in [1.54, 1.807) is 20.5 Å². The molecule has 3 atom stereocenters. The van der Waals surface area contributed by atoms with Gasteiger partial charge in [0.1, 0.15) is 23.9 Å². The highest BCUT2D eigenvalue weighted by atomic mass is 16.6. The van der Waals surface area contributed by atoms with Gasteiger partial charge in [0.05, 0.1) is 12.9 Å². The second-order valence-electron chi connectivity index (χ2n) is 7.49. The smallest absolute Gasteiger partial charge is 0.150 e. The summed E-state index contributed by atoms with van der Waals surface area (Å²) < 4.78 is 24.0. The predicted molar refractivity (Wildman–Crippen MR) is 121 cm³/mol. The van der Waals surface area contributed by atoms with Crippen LogP contribution >= 0.6 is 0 Å². The second-order valence-corrected chi connectivity index (χ2v) is 7.49. The summed E-state index contributed by atoms with van der Waals surface area (Å²) in [7, 11) is 3.34. The van der Waals surface area contributed by atoms with Crippen LogP contribution in [0.3, 0.4) is 0 Å². The quantitative estimate of drug-likeness (QED) is 0.488. The molecule has 1 heterocycles. The number of benzene rings is 3. The Hall–Kier alpha value is -2.92. The van der Waals surface area contributed by atoms with Crippen molar-refractivity contribution in [3.8, 4) is 0 Å². The Bertz CT molecular complexity index is 860. The molecule has 31 heavy (non-hydrogen) atoms. The van der Waals surface area contributed by atoms with E-state index >= 15 is 0 Å². The van der Waals surface area contributed by atoms with E-state index in [0.717, 1.165) is 16.7 Å². The summed E-state index contributed by atoms with van der Waals surface area (Å²) in [6.45, 7) is 0.321. The van der Waals surface area contributed by atoms with Gasteiger partial charge in [-0.25, -0.2) is 0 Å². The number of ether oxygens (including phenoxy) is 4. The minimum atomic E-state index is -0.796. The van der Waals surface area contributed by atoms with Crippen molar-refractivity contribution in [2.45, 2.75) is 23.9 Å². The summed E-state index contributed by atoms with van der Waals surface area (Å²) in [6.07, 6.45) is 2.77. The molecule has 4 rings (SSSR count). The second kappa shape index (κ2) is 9.92. The zero-order valence-electron chi connectivity index (χ0n) is 17.9. The summed E-state index contributed by atoms with van der Waals surface area (Å²) in [5.74, 6) is 0. The highest BCUT2D eigenvalue weighted by Gasteiger charge is 2.40. The van der Waals surface area contributed by atoms with E-state index in [0.29, 0.717) is 6.61 Å². The number of hydrogen-bond acceptors (Lipinski definition) is 4. The van der Waals surface area contributed by atoms with Gasteiger partial charge in [-0.05, 0) is 22.8 Å². The first-order valence-corrected chi connectivity index (χ1v) is 10.5. The molecular weight excluding hydrogens is 388 g/mol. The molecular formula is C27H28O4. The maximum absolute atomic E-state index is 6.86. The molecule has 0 aromatic heterocycles. The van der Waals surface area contributed by atoms with Crippen LogP contribution in [0.2, 0.25) is 0 Å². The van der Waals surface area contributed by atoms with Crippen molar-refractivity contribution in [2.75, 3.05) is 20.8 Å². The Kier molecular flexibility index (Phi) is 6.82. The molecule has 0 spiro atoms. The highest BCUT2D eigenvalue weighted by molar-refractivity contribution is 5.47. The van der Waals surface area contributed by atoms with Crippen LogP contribution < -0.4 is 0 Å². The molecule has 0 N–H and O–H groups in total. The maximum Gasteiger partial charge on any atom is 0.150 e. The average molecular weight is 417 g/mol. The van der Waals surface area contributed by atoms with E-state index in [1.807, 2.05) is 60.7 Å². The van der Waals surface area contributed by atoms with Gasteiger partial charge >= 0.3 is 0 Å². The lowest BCUT2D eigenvalue weighted by molar-refractivity contribution is -0.133. The molecule has 0 aliphatic carbocycles. The van der Waals surface area contributed by atoms with E-state index in [4.69, 9.17) is 18.9 Å². The fourth-order valence-electron chi connectivity index (χ4n) is 4.23. The molecule has 1 aliphatic rings. The third kappa shape index (κ3) is 4.28. The first-order chi connectivity index (χ1) is 15.3. The minimum absolute atomic E-state index is 0.188. The molecule has 0 saturated heterocycles. The standard InChI is InChI=1S/C27H28O4/c1-28-24-18-19-30-25(26(24)29-2)20-31-27(21-12-6-3-7-13-21,22-14-8-4-9-15-22)23-16-10-5-11-17-23/h3-19,24-26H,20H2,1-2H3/t24-,25-,26-/m1/s1. The Labute approximate surface area is 184 Å². The van der Waals surface area contributed by atoms with Crippen LogP contribution in [-0.4, -0.2) is 39.1 Å². The van der Waals surface area contributed by atoms with Crippen molar-refractivity contribution in [2.24, 2.45) is 0 Å². The Balaban J connectivity index is 1.78. The van der Waals surface area contributed by atoms with E-state index < -0.39 is 5.60 Å². The normalized spacial score (nSPS) is 20.9. The Morgan fingerprint density at radius 3 is 1.61 bits per heavy atom. The van der Waals surface area contributed by atoms with Crippen LogP contribution in [0.5, 0.6) is 0 Å². The monoisotopic (exact) mass is 416 g/mol. The molecule has 160 valence electrons. The maximum atomic E-state index is 6.86.